The van der Waals surface area contributed by atoms with Gasteiger partial charge in [-0.2, -0.15) is 0 Å². The van der Waals surface area contributed by atoms with Gasteiger partial charge in [0.1, 0.15) is 0 Å². The van der Waals surface area contributed by atoms with Crippen molar-refractivity contribution >= 4 is 5.91 Å². The second kappa shape index (κ2) is 6.70. The average Bonchev–Trinajstić information content (AvgIpc) is 2.52. The molecule has 1 aromatic heterocycles. The zero-order valence-electron chi connectivity index (χ0n) is 11.7. The number of carbonyl (C=O) groups excluding carboxylic acids is 1. The molecule has 4 nitrogen and oxygen atoms in total. The van der Waals surface area contributed by atoms with Crippen molar-refractivity contribution in [3.05, 3.63) is 48.2 Å². The molecule has 0 aliphatic rings. The van der Waals surface area contributed by atoms with E-state index in [9.17, 15) is 4.79 Å². The number of nitrogens with one attached hydrogen (secondary N) is 1. The molecule has 0 radical (unpaired) electrons. The first-order valence-corrected chi connectivity index (χ1v) is 6.63. The van der Waals surface area contributed by atoms with E-state index in [1.54, 1.807) is 19.4 Å². The maximum Gasteiger partial charge on any atom is 0.251 e. The van der Waals surface area contributed by atoms with E-state index in [4.69, 9.17) is 4.74 Å². The van der Waals surface area contributed by atoms with Crippen LogP contribution in [0, 0.1) is 0 Å². The minimum absolute atomic E-state index is 0.0461. The summed E-state index contributed by atoms with van der Waals surface area (Å²) in [4.78, 5) is 16.1. The number of pyridine rings is 1. The third-order valence-electron chi connectivity index (χ3n) is 2.94. The fraction of sp³-hybridized carbons (Fsp3) is 0.250. The summed E-state index contributed by atoms with van der Waals surface area (Å²) in [6.07, 6.45) is 2.66. The van der Waals surface area contributed by atoms with Crippen LogP contribution >= 0.6 is 0 Å². The Morgan fingerprint density at radius 3 is 2.75 bits per heavy atom. The molecule has 1 N–H and O–H groups in total. The molecule has 0 aliphatic carbocycles. The van der Waals surface area contributed by atoms with E-state index < -0.39 is 0 Å². The minimum atomic E-state index is -0.0461. The number of rotatable bonds is 5. The van der Waals surface area contributed by atoms with Gasteiger partial charge in [0.05, 0.1) is 7.11 Å². The fourth-order valence-corrected chi connectivity index (χ4v) is 1.85. The van der Waals surface area contributed by atoms with Crippen molar-refractivity contribution < 1.29 is 9.53 Å². The summed E-state index contributed by atoms with van der Waals surface area (Å²) < 4.78 is 5.04. The van der Waals surface area contributed by atoms with Gasteiger partial charge in [-0.25, -0.2) is 4.98 Å². The largest absolute Gasteiger partial charge is 0.481 e. The number of hydrogen-bond donors (Lipinski definition) is 1. The number of nitrogens with zero attached hydrogens (tertiary/aromatic N) is 1. The number of ether oxygens (including phenoxy) is 1. The second-order valence-corrected chi connectivity index (χ2v) is 4.43. The molecule has 1 aromatic carbocycles. The van der Waals surface area contributed by atoms with Crippen LogP contribution in [0.3, 0.4) is 0 Å². The zero-order chi connectivity index (χ0) is 14.4. The lowest BCUT2D eigenvalue weighted by Gasteiger charge is -2.07. The Morgan fingerprint density at radius 2 is 2.10 bits per heavy atom. The number of hydrogen-bond acceptors (Lipinski definition) is 3. The third kappa shape index (κ3) is 3.35. The maximum absolute atomic E-state index is 11.9. The van der Waals surface area contributed by atoms with Crippen LogP contribution in [0.4, 0.5) is 0 Å². The van der Waals surface area contributed by atoms with Crippen molar-refractivity contribution in [1.29, 1.82) is 0 Å². The Hall–Kier alpha value is -2.36. The molecule has 0 bridgehead atoms. The summed E-state index contributed by atoms with van der Waals surface area (Å²) in [7, 11) is 1.58. The standard InChI is InChI=1S/C16H18N2O2/c1-3-9-17-16(19)13-6-4-5-12(10-13)14-7-8-15(20-2)18-11-14/h4-8,10-11H,3,9H2,1-2H3,(H,17,19). The monoisotopic (exact) mass is 270 g/mol. The summed E-state index contributed by atoms with van der Waals surface area (Å²) in [5.74, 6) is 0.528. The number of amides is 1. The van der Waals surface area contributed by atoms with Crippen LogP contribution in [0.1, 0.15) is 23.7 Å². The van der Waals surface area contributed by atoms with Crippen LogP contribution in [-0.4, -0.2) is 24.5 Å². The molecule has 1 heterocycles. The Balaban J connectivity index is 2.22. The van der Waals surface area contributed by atoms with Gasteiger partial charge in [0, 0.05) is 29.9 Å². The average molecular weight is 270 g/mol. The van der Waals surface area contributed by atoms with Crippen molar-refractivity contribution in [3.8, 4) is 17.0 Å². The van der Waals surface area contributed by atoms with Gasteiger partial charge in [-0.1, -0.05) is 19.1 Å². The second-order valence-electron chi connectivity index (χ2n) is 4.43. The number of aromatic nitrogens is 1. The van der Waals surface area contributed by atoms with Crippen molar-refractivity contribution in [2.75, 3.05) is 13.7 Å². The van der Waals surface area contributed by atoms with E-state index in [0.29, 0.717) is 18.0 Å². The van der Waals surface area contributed by atoms with Crippen LogP contribution in [0.15, 0.2) is 42.6 Å². The molecule has 0 saturated carbocycles. The van der Waals surface area contributed by atoms with Gasteiger partial charge < -0.3 is 10.1 Å². The SMILES string of the molecule is CCCNC(=O)c1cccc(-c2ccc(OC)nc2)c1. The van der Waals surface area contributed by atoms with E-state index in [1.807, 2.05) is 37.3 Å². The van der Waals surface area contributed by atoms with E-state index >= 15 is 0 Å². The van der Waals surface area contributed by atoms with Gasteiger partial charge in [-0.05, 0) is 30.2 Å². The lowest BCUT2D eigenvalue weighted by atomic mass is 10.0. The topological polar surface area (TPSA) is 51.2 Å². The molecular formula is C16H18N2O2. The van der Waals surface area contributed by atoms with Crippen molar-refractivity contribution in [2.45, 2.75) is 13.3 Å². The Labute approximate surface area is 118 Å². The maximum atomic E-state index is 11.9. The van der Waals surface area contributed by atoms with Gasteiger partial charge in [0.25, 0.3) is 5.91 Å². The molecule has 0 fully saturated rings. The molecule has 0 saturated heterocycles. The molecule has 104 valence electrons. The van der Waals surface area contributed by atoms with E-state index in [1.165, 1.54) is 0 Å². The lowest BCUT2D eigenvalue weighted by Crippen LogP contribution is -2.23. The lowest BCUT2D eigenvalue weighted by molar-refractivity contribution is 0.0953. The molecule has 1 amide bonds. The highest BCUT2D eigenvalue weighted by Crippen LogP contribution is 2.21. The van der Waals surface area contributed by atoms with E-state index in [-0.39, 0.29) is 5.91 Å². The predicted octanol–water partition coefficient (Wildman–Crippen LogP) is 2.90. The highest BCUT2D eigenvalue weighted by atomic mass is 16.5. The first-order valence-electron chi connectivity index (χ1n) is 6.63. The van der Waals surface area contributed by atoms with Crippen molar-refractivity contribution in [2.24, 2.45) is 0 Å². The highest BCUT2D eigenvalue weighted by molar-refractivity contribution is 5.95. The molecule has 0 aliphatic heterocycles. The van der Waals surface area contributed by atoms with E-state index in [0.717, 1.165) is 17.5 Å². The Bertz CT molecular complexity index is 579. The normalized spacial score (nSPS) is 10.1. The molecule has 0 unspecified atom stereocenters. The molecule has 0 spiro atoms. The first kappa shape index (κ1) is 14.1. The van der Waals surface area contributed by atoms with Crippen LogP contribution in [0.5, 0.6) is 5.88 Å². The van der Waals surface area contributed by atoms with Crippen molar-refractivity contribution in [1.82, 2.24) is 10.3 Å². The van der Waals surface area contributed by atoms with E-state index in [2.05, 4.69) is 10.3 Å². The Kier molecular flexibility index (Phi) is 4.71. The highest BCUT2D eigenvalue weighted by Gasteiger charge is 2.06. The molecular weight excluding hydrogens is 252 g/mol. The number of methoxy groups -OCH3 is 1. The van der Waals surface area contributed by atoms with Gasteiger partial charge in [-0.3, -0.25) is 4.79 Å². The van der Waals surface area contributed by atoms with Crippen molar-refractivity contribution in [3.63, 3.8) is 0 Å². The number of benzene rings is 1. The van der Waals surface area contributed by atoms with Crippen LogP contribution in [-0.2, 0) is 0 Å². The summed E-state index contributed by atoms with van der Waals surface area (Å²) >= 11 is 0. The molecule has 2 rings (SSSR count). The van der Waals surface area contributed by atoms with Gasteiger partial charge in [-0.15, -0.1) is 0 Å². The smallest absolute Gasteiger partial charge is 0.251 e. The zero-order valence-corrected chi connectivity index (χ0v) is 11.7. The quantitative estimate of drug-likeness (QED) is 0.909. The molecule has 2 aromatic rings. The van der Waals surface area contributed by atoms with Crippen LogP contribution in [0.2, 0.25) is 0 Å². The van der Waals surface area contributed by atoms with Crippen LogP contribution in [0.25, 0.3) is 11.1 Å². The van der Waals surface area contributed by atoms with Gasteiger partial charge in [0.15, 0.2) is 0 Å². The van der Waals surface area contributed by atoms with Gasteiger partial charge >= 0.3 is 0 Å². The summed E-state index contributed by atoms with van der Waals surface area (Å²) in [5.41, 5.74) is 2.58. The molecule has 4 heteroatoms. The number of carbonyl (C=O) groups is 1. The summed E-state index contributed by atoms with van der Waals surface area (Å²) in [6, 6.07) is 11.2. The fourth-order valence-electron chi connectivity index (χ4n) is 1.85. The summed E-state index contributed by atoms with van der Waals surface area (Å²) in [5, 5.41) is 2.87. The Morgan fingerprint density at radius 1 is 1.25 bits per heavy atom. The first-order chi connectivity index (χ1) is 9.74. The summed E-state index contributed by atoms with van der Waals surface area (Å²) in [6.45, 7) is 2.72. The molecule has 20 heavy (non-hydrogen) atoms. The third-order valence-corrected chi connectivity index (χ3v) is 2.94. The molecule has 0 atom stereocenters. The van der Waals surface area contributed by atoms with Crippen LogP contribution < -0.4 is 10.1 Å². The van der Waals surface area contributed by atoms with Gasteiger partial charge in [0.2, 0.25) is 5.88 Å². The predicted molar refractivity (Wildman–Crippen MR) is 78.8 cm³/mol. The minimum Gasteiger partial charge on any atom is -0.481 e.